The van der Waals surface area contributed by atoms with E-state index in [0.717, 1.165) is 12.8 Å². The van der Waals surface area contributed by atoms with Crippen LogP contribution < -0.4 is 5.32 Å². The van der Waals surface area contributed by atoms with E-state index in [-0.39, 0.29) is 5.91 Å². The average Bonchev–Trinajstić information content (AvgIpc) is 2.34. The number of hydrogen-bond donors (Lipinski definition) is 1. The summed E-state index contributed by atoms with van der Waals surface area (Å²) in [5, 5.41) is 2.74. The highest BCUT2D eigenvalue weighted by Crippen LogP contribution is 2.20. The van der Waals surface area contributed by atoms with Gasteiger partial charge in [0.1, 0.15) is 11.6 Å². The maximum absolute atomic E-state index is 12.1. The highest BCUT2D eigenvalue weighted by molar-refractivity contribution is 5.86. The molecular weight excluding hydrogens is 244 g/mol. The van der Waals surface area contributed by atoms with Crippen LogP contribution in [0.4, 0.5) is 4.79 Å². The first-order valence-electron chi connectivity index (χ1n) is 6.73. The summed E-state index contributed by atoms with van der Waals surface area (Å²) < 4.78 is 5.35. The third-order valence-electron chi connectivity index (χ3n) is 2.85. The third kappa shape index (κ3) is 4.93. The molecule has 0 bridgehead atoms. The molecule has 0 radical (unpaired) electrons. The Bertz CT molecular complexity index is 347. The number of nitrogens with one attached hydrogen (secondary N) is 1. The minimum absolute atomic E-state index is 0.134. The molecule has 19 heavy (non-hydrogen) atoms. The molecule has 0 aromatic heterocycles. The Morgan fingerprint density at radius 1 is 1.42 bits per heavy atom. The van der Waals surface area contributed by atoms with Gasteiger partial charge in [0.25, 0.3) is 0 Å². The van der Waals surface area contributed by atoms with Gasteiger partial charge in [0.2, 0.25) is 5.91 Å². The topological polar surface area (TPSA) is 58.6 Å². The summed E-state index contributed by atoms with van der Waals surface area (Å²) in [6.07, 6.45) is 3.75. The molecule has 5 heteroatoms. The van der Waals surface area contributed by atoms with Crippen LogP contribution in [0, 0.1) is 0 Å². The Kier molecular flexibility index (Phi) is 5.39. The van der Waals surface area contributed by atoms with Crippen LogP contribution >= 0.6 is 0 Å². The minimum Gasteiger partial charge on any atom is -0.444 e. The molecule has 1 aliphatic rings. The first-order valence-corrected chi connectivity index (χ1v) is 6.73. The number of hydrogen-bond acceptors (Lipinski definition) is 3. The number of rotatable bonds is 3. The fourth-order valence-electron chi connectivity index (χ4n) is 2.03. The molecule has 1 atom stereocenters. The lowest BCUT2D eigenvalue weighted by Gasteiger charge is -2.35. The van der Waals surface area contributed by atoms with E-state index in [1.54, 1.807) is 6.08 Å². The summed E-state index contributed by atoms with van der Waals surface area (Å²) in [6, 6.07) is -0.427. The second-order valence-electron chi connectivity index (χ2n) is 5.72. The van der Waals surface area contributed by atoms with Crippen molar-refractivity contribution in [2.24, 2.45) is 0 Å². The Morgan fingerprint density at radius 2 is 2.11 bits per heavy atom. The molecule has 5 nitrogen and oxygen atoms in total. The Balaban J connectivity index is 2.69. The fraction of sp³-hybridized carbons (Fsp3) is 0.714. The molecule has 1 rings (SSSR count). The van der Waals surface area contributed by atoms with Crippen LogP contribution in [0.25, 0.3) is 0 Å². The van der Waals surface area contributed by atoms with Gasteiger partial charge >= 0.3 is 6.09 Å². The molecule has 2 amide bonds. The molecule has 1 N–H and O–H groups in total. The van der Waals surface area contributed by atoms with E-state index in [9.17, 15) is 9.59 Å². The first-order chi connectivity index (χ1) is 8.85. The van der Waals surface area contributed by atoms with Crippen molar-refractivity contribution < 1.29 is 14.3 Å². The standard InChI is InChI=1S/C14H24N2O3/c1-5-9-15-12(17)11-8-6-7-10-16(11)13(18)19-14(2,3)4/h5,11H,1,6-10H2,2-4H3,(H,15,17)/t11-/m1/s1. The number of carbonyl (C=O) groups is 2. The van der Waals surface area contributed by atoms with E-state index in [1.807, 2.05) is 20.8 Å². The van der Waals surface area contributed by atoms with Gasteiger partial charge in [0, 0.05) is 13.1 Å². The van der Waals surface area contributed by atoms with Gasteiger partial charge in [0.15, 0.2) is 0 Å². The quantitative estimate of drug-likeness (QED) is 0.797. The number of nitrogens with zero attached hydrogens (tertiary/aromatic N) is 1. The number of ether oxygens (including phenoxy) is 1. The van der Waals surface area contributed by atoms with Crippen molar-refractivity contribution in [2.75, 3.05) is 13.1 Å². The number of piperidine rings is 1. The molecule has 1 aliphatic heterocycles. The van der Waals surface area contributed by atoms with Gasteiger partial charge in [-0.3, -0.25) is 9.69 Å². The van der Waals surface area contributed by atoms with E-state index in [4.69, 9.17) is 4.74 Å². The smallest absolute Gasteiger partial charge is 0.410 e. The van der Waals surface area contributed by atoms with E-state index in [0.29, 0.717) is 19.5 Å². The minimum atomic E-state index is -0.545. The molecule has 0 unspecified atom stereocenters. The van der Waals surface area contributed by atoms with E-state index >= 15 is 0 Å². The summed E-state index contributed by atoms with van der Waals surface area (Å²) >= 11 is 0. The zero-order valence-electron chi connectivity index (χ0n) is 12.1. The fourth-order valence-corrected chi connectivity index (χ4v) is 2.03. The van der Waals surface area contributed by atoms with E-state index in [2.05, 4.69) is 11.9 Å². The van der Waals surface area contributed by atoms with Crippen LogP contribution in [0.3, 0.4) is 0 Å². The van der Waals surface area contributed by atoms with Crippen molar-refractivity contribution in [3.63, 3.8) is 0 Å². The Hall–Kier alpha value is -1.52. The number of amides is 2. The molecule has 1 heterocycles. The van der Waals surface area contributed by atoms with Crippen molar-refractivity contribution in [1.29, 1.82) is 0 Å². The molecule has 108 valence electrons. The van der Waals surface area contributed by atoms with Crippen LogP contribution in [0.5, 0.6) is 0 Å². The zero-order chi connectivity index (χ0) is 14.5. The summed E-state index contributed by atoms with van der Waals surface area (Å²) in [4.78, 5) is 25.7. The maximum Gasteiger partial charge on any atom is 0.410 e. The number of likely N-dealkylation sites (tertiary alicyclic amines) is 1. The highest BCUT2D eigenvalue weighted by Gasteiger charge is 2.34. The summed E-state index contributed by atoms with van der Waals surface area (Å²) in [5.41, 5.74) is -0.545. The summed E-state index contributed by atoms with van der Waals surface area (Å²) in [5.74, 6) is -0.134. The van der Waals surface area contributed by atoms with Crippen LogP contribution in [-0.2, 0) is 9.53 Å². The van der Waals surface area contributed by atoms with Crippen molar-refractivity contribution in [3.05, 3.63) is 12.7 Å². The van der Waals surface area contributed by atoms with E-state index < -0.39 is 17.7 Å². The van der Waals surface area contributed by atoms with E-state index in [1.165, 1.54) is 4.90 Å². The molecule has 0 aromatic carbocycles. The Morgan fingerprint density at radius 3 is 2.68 bits per heavy atom. The lowest BCUT2D eigenvalue weighted by molar-refractivity contribution is -0.127. The van der Waals surface area contributed by atoms with Crippen LogP contribution in [-0.4, -0.2) is 41.6 Å². The van der Waals surface area contributed by atoms with Crippen molar-refractivity contribution in [2.45, 2.75) is 51.7 Å². The molecule has 1 fully saturated rings. The van der Waals surface area contributed by atoms with Gasteiger partial charge in [0.05, 0.1) is 0 Å². The van der Waals surface area contributed by atoms with Crippen molar-refractivity contribution in [3.8, 4) is 0 Å². The van der Waals surface area contributed by atoms with Gasteiger partial charge in [-0.25, -0.2) is 4.79 Å². The SMILES string of the molecule is C=CCNC(=O)[C@H]1CCCCN1C(=O)OC(C)(C)C. The number of carbonyl (C=O) groups excluding carboxylic acids is 2. The van der Waals surface area contributed by atoms with Gasteiger partial charge in [-0.2, -0.15) is 0 Å². The summed E-state index contributed by atoms with van der Waals surface area (Å²) in [7, 11) is 0. The normalized spacial score (nSPS) is 19.7. The predicted molar refractivity (Wildman–Crippen MR) is 73.8 cm³/mol. The zero-order valence-corrected chi connectivity index (χ0v) is 12.1. The summed E-state index contributed by atoms with van der Waals surface area (Å²) in [6.45, 7) is 10.0. The van der Waals surface area contributed by atoms with Gasteiger partial charge in [-0.15, -0.1) is 6.58 Å². The monoisotopic (exact) mass is 268 g/mol. The lowest BCUT2D eigenvalue weighted by Crippen LogP contribution is -2.53. The van der Waals surface area contributed by atoms with Gasteiger partial charge in [-0.05, 0) is 40.0 Å². The second kappa shape index (κ2) is 6.59. The van der Waals surface area contributed by atoms with Crippen LogP contribution in [0.2, 0.25) is 0 Å². The van der Waals surface area contributed by atoms with Crippen LogP contribution in [0.1, 0.15) is 40.0 Å². The molecule has 1 saturated heterocycles. The van der Waals surface area contributed by atoms with Crippen molar-refractivity contribution in [1.82, 2.24) is 10.2 Å². The molecule has 0 aromatic rings. The largest absolute Gasteiger partial charge is 0.444 e. The van der Waals surface area contributed by atoms with Gasteiger partial charge in [-0.1, -0.05) is 6.08 Å². The molecular formula is C14H24N2O3. The van der Waals surface area contributed by atoms with Crippen LogP contribution in [0.15, 0.2) is 12.7 Å². The molecule has 0 aliphatic carbocycles. The third-order valence-corrected chi connectivity index (χ3v) is 2.85. The second-order valence-corrected chi connectivity index (χ2v) is 5.72. The molecule has 0 spiro atoms. The average molecular weight is 268 g/mol. The predicted octanol–water partition coefficient (Wildman–Crippen LogP) is 2.08. The van der Waals surface area contributed by atoms with Gasteiger partial charge < -0.3 is 10.1 Å². The highest BCUT2D eigenvalue weighted by atomic mass is 16.6. The van der Waals surface area contributed by atoms with Crippen molar-refractivity contribution >= 4 is 12.0 Å². The Labute approximate surface area is 115 Å². The molecule has 0 saturated carbocycles. The first kappa shape index (κ1) is 15.5. The maximum atomic E-state index is 12.1. The lowest BCUT2D eigenvalue weighted by atomic mass is 10.0.